The predicted molar refractivity (Wildman–Crippen MR) is 83.2 cm³/mol. The van der Waals surface area contributed by atoms with Gasteiger partial charge in [0.1, 0.15) is 0 Å². The van der Waals surface area contributed by atoms with E-state index in [2.05, 4.69) is 0 Å². The van der Waals surface area contributed by atoms with Crippen LogP contribution >= 0.6 is 23.2 Å². The molecule has 0 fully saturated rings. The van der Waals surface area contributed by atoms with Gasteiger partial charge in [-0.25, -0.2) is 0 Å². The number of aryl methyl sites for hydroxylation is 1. The Labute approximate surface area is 132 Å². The quantitative estimate of drug-likeness (QED) is 0.784. The van der Waals surface area contributed by atoms with E-state index in [1.54, 1.807) is 30.3 Å². The van der Waals surface area contributed by atoms with Crippen molar-refractivity contribution in [1.82, 2.24) is 0 Å². The van der Waals surface area contributed by atoms with Crippen LogP contribution in [0.3, 0.4) is 0 Å². The zero-order valence-corrected chi connectivity index (χ0v) is 12.7. The number of fused-ring (bicyclic) bond motifs is 1. The number of hydrogen-bond donors (Lipinski definition) is 0. The molecule has 0 N–H and O–H groups in total. The summed E-state index contributed by atoms with van der Waals surface area (Å²) in [4.78, 5) is 25.7. The van der Waals surface area contributed by atoms with Gasteiger partial charge in [-0.05, 0) is 36.2 Å². The number of para-hydroxylation sites is 1. The number of anilines is 1. The molecule has 0 atom stereocenters. The maximum atomic E-state index is 12.2. The van der Waals surface area contributed by atoms with E-state index >= 15 is 0 Å². The molecular formula is C16H11Cl2NO2. The first-order chi connectivity index (χ1) is 9.99. The second-order valence-electron chi connectivity index (χ2n) is 4.93. The largest absolute Gasteiger partial charge is 0.300 e. The van der Waals surface area contributed by atoms with Crippen molar-refractivity contribution in [1.29, 1.82) is 0 Å². The molecule has 1 heterocycles. The fourth-order valence-corrected chi connectivity index (χ4v) is 2.98. The first-order valence-electron chi connectivity index (χ1n) is 6.39. The third-order valence-corrected chi connectivity index (χ3v) is 4.12. The number of ketones is 1. The lowest BCUT2D eigenvalue weighted by molar-refractivity contribution is -0.114. The lowest BCUT2D eigenvalue weighted by Crippen LogP contribution is -2.29. The third-order valence-electron chi connectivity index (χ3n) is 3.54. The van der Waals surface area contributed by atoms with E-state index < -0.39 is 11.7 Å². The zero-order chi connectivity index (χ0) is 15.1. The van der Waals surface area contributed by atoms with Crippen LogP contribution < -0.4 is 4.90 Å². The van der Waals surface area contributed by atoms with Gasteiger partial charge in [0, 0.05) is 10.0 Å². The van der Waals surface area contributed by atoms with E-state index in [-0.39, 0.29) is 6.54 Å². The first kappa shape index (κ1) is 14.1. The molecule has 0 spiro atoms. The lowest BCUT2D eigenvalue weighted by atomic mass is 10.1. The van der Waals surface area contributed by atoms with Crippen molar-refractivity contribution in [2.45, 2.75) is 13.5 Å². The molecule has 0 aromatic heterocycles. The van der Waals surface area contributed by atoms with Crippen molar-refractivity contribution in [3.63, 3.8) is 0 Å². The monoisotopic (exact) mass is 319 g/mol. The predicted octanol–water partition coefficient (Wildman–Crippen LogP) is 4.03. The molecule has 3 rings (SSSR count). The van der Waals surface area contributed by atoms with E-state index in [0.29, 0.717) is 21.3 Å². The van der Waals surface area contributed by atoms with Gasteiger partial charge in [-0.15, -0.1) is 0 Å². The van der Waals surface area contributed by atoms with Crippen LogP contribution in [0.1, 0.15) is 21.5 Å². The molecule has 0 bridgehead atoms. The van der Waals surface area contributed by atoms with Gasteiger partial charge < -0.3 is 4.90 Å². The summed E-state index contributed by atoms with van der Waals surface area (Å²) < 4.78 is 0. The Morgan fingerprint density at radius 2 is 1.86 bits per heavy atom. The maximum absolute atomic E-state index is 12.2. The molecule has 2 aromatic carbocycles. The van der Waals surface area contributed by atoms with Crippen LogP contribution in [0.5, 0.6) is 0 Å². The Hall–Kier alpha value is -1.84. The van der Waals surface area contributed by atoms with Crippen molar-refractivity contribution in [2.24, 2.45) is 0 Å². The van der Waals surface area contributed by atoms with E-state index in [4.69, 9.17) is 23.2 Å². The molecule has 0 saturated carbocycles. The number of benzene rings is 2. The van der Waals surface area contributed by atoms with Crippen LogP contribution in [-0.4, -0.2) is 11.7 Å². The van der Waals surface area contributed by atoms with E-state index in [0.717, 1.165) is 11.1 Å². The van der Waals surface area contributed by atoms with E-state index in [1.807, 2.05) is 13.0 Å². The topological polar surface area (TPSA) is 37.4 Å². The highest BCUT2D eigenvalue weighted by molar-refractivity contribution is 6.52. The van der Waals surface area contributed by atoms with Gasteiger partial charge in [-0.1, -0.05) is 41.4 Å². The Bertz CT molecular complexity index is 771. The highest BCUT2D eigenvalue weighted by Gasteiger charge is 2.36. The standard InChI is InChI=1S/C16H11Cl2NO2/c1-9-3-2-4-12-14(9)19(16(21)15(12)20)8-10-5-6-11(17)7-13(10)18/h2-7H,8H2,1H3. The molecule has 106 valence electrons. The Kier molecular flexibility index (Phi) is 3.47. The second-order valence-corrected chi connectivity index (χ2v) is 5.77. The second kappa shape index (κ2) is 5.17. The van der Waals surface area contributed by atoms with Crippen LogP contribution in [0.4, 0.5) is 5.69 Å². The van der Waals surface area contributed by atoms with Gasteiger partial charge in [0.05, 0.1) is 17.8 Å². The number of carbonyl (C=O) groups is 2. The van der Waals surface area contributed by atoms with Crippen LogP contribution in [0.2, 0.25) is 10.0 Å². The fraction of sp³-hybridized carbons (Fsp3) is 0.125. The fourth-order valence-electron chi connectivity index (χ4n) is 2.51. The highest BCUT2D eigenvalue weighted by atomic mass is 35.5. The van der Waals surface area contributed by atoms with Gasteiger partial charge in [-0.3, -0.25) is 9.59 Å². The number of halogens is 2. The van der Waals surface area contributed by atoms with Gasteiger partial charge in [0.15, 0.2) is 0 Å². The number of rotatable bonds is 2. The SMILES string of the molecule is Cc1cccc2c1N(Cc1ccc(Cl)cc1Cl)C(=O)C2=O. The minimum absolute atomic E-state index is 0.248. The minimum atomic E-state index is -0.523. The average Bonchev–Trinajstić information content (AvgIpc) is 2.68. The molecule has 0 unspecified atom stereocenters. The van der Waals surface area contributed by atoms with Gasteiger partial charge in [0.25, 0.3) is 11.7 Å². The summed E-state index contributed by atoms with van der Waals surface area (Å²) in [7, 11) is 0. The Morgan fingerprint density at radius 1 is 1.10 bits per heavy atom. The van der Waals surface area contributed by atoms with Crippen molar-refractivity contribution in [3.8, 4) is 0 Å². The summed E-state index contributed by atoms with van der Waals surface area (Å²) in [5.74, 6) is -0.996. The molecule has 0 radical (unpaired) electrons. The van der Waals surface area contributed by atoms with Crippen LogP contribution in [0.25, 0.3) is 0 Å². The Balaban J connectivity index is 2.04. The molecule has 0 aliphatic carbocycles. The third kappa shape index (κ3) is 2.33. The smallest absolute Gasteiger partial charge is 0.299 e. The highest BCUT2D eigenvalue weighted by Crippen LogP contribution is 2.34. The number of hydrogen-bond acceptors (Lipinski definition) is 2. The number of amides is 1. The van der Waals surface area contributed by atoms with Crippen LogP contribution in [0, 0.1) is 6.92 Å². The van der Waals surface area contributed by atoms with Crippen molar-refractivity contribution in [2.75, 3.05) is 4.90 Å². The molecule has 1 aliphatic heterocycles. The molecule has 2 aromatic rings. The van der Waals surface area contributed by atoms with Gasteiger partial charge in [0.2, 0.25) is 0 Å². The summed E-state index contributed by atoms with van der Waals surface area (Å²) in [5.41, 5.74) is 2.75. The lowest BCUT2D eigenvalue weighted by Gasteiger charge is -2.19. The normalized spacial score (nSPS) is 13.8. The van der Waals surface area contributed by atoms with Crippen LogP contribution in [-0.2, 0) is 11.3 Å². The average molecular weight is 320 g/mol. The van der Waals surface area contributed by atoms with Gasteiger partial charge >= 0.3 is 0 Å². The minimum Gasteiger partial charge on any atom is -0.300 e. The molecule has 1 aliphatic rings. The van der Waals surface area contributed by atoms with Gasteiger partial charge in [-0.2, -0.15) is 0 Å². The molecule has 5 heteroatoms. The first-order valence-corrected chi connectivity index (χ1v) is 7.14. The number of Topliss-reactive ketones (excluding diaryl/α,β-unsaturated/α-hetero) is 1. The number of nitrogens with zero attached hydrogens (tertiary/aromatic N) is 1. The van der Waals surface area contributed by atoms with Crippen molar-refractivity contribution < 1.29 is 9.59 Å². The zero-order valence-electron chi connectivity index (χ0n) is 11.2. The molecule has 0 saturated heterocycles. The van der Waals surface area contributed by atoms with E-state index in [9.17, 15) is 9.59 Å². The van der Waals surface area contributed by atoms with E-state index in [1.165, 1.54) is 4.90 Å². The molecule has 21 heavy (non-hydrogen) atoms. The van der Waals surface area contributed by atoms with Crippen molar-refractivity contribution >= 4 is 40.6 Å². The summed E-state index contributed by atoms with van der Waals surface area (Å²) in [6.45, 7) is 2.12. The summed E-state index contributed by atoms with van der Waals surface area (Å²) in [5, 5.41) is 1.01. The molecule has 1 amide bonds. The number of carbonyl (C=O) groups excluding carboxylic acids is 2. The molecular weight excluding hydrogens is 309 g/mol. The van der Waals surface area contributed by atoms with Crippen LogP contribution in [0.15, 0.2) is 36.4 Å². The Morgan fingerprint density at radius 3 is 2.57 bits per heavy atom. The maximum Gasteiger partial charge on any atom is 0.299 e. The summed E-state index contributed by atoms with van der Waals surface area (Å²) >= 11 is 12.0. The summed E-state index contributed by atoms with van der Waals surface area (Å²) in [6.07, 6.45) is 0. The summed E-state index contributed by atoms with van der Waals surface area (Å²) in [6, 6.07) is 10.4. The molecule has 3 nitrogen and oxygen atoms in total. The van der Waals surface area contributed by atoms with Crippen molar-refractivity contribution in [3.05, 3.63) is 63.1 Å².